The van der Waals surface area contributed by atoms with Gasteiger partial charge in [0.2, 0.25) is 5.91 Å². The van der Waals surface area contributed by atoms with Gasteiger partial charge in [-0.1, -0.05) is 0 Å². The van der Waals surface area contributed by atoms with E-state index in [1.54, 1.807) is 11.3 Å². The second kappa shape index (κ2) is 4.99. The number of fused-ring (bicyclic) bond motifs is 1. The topological polar surface area (TPSA) is 52.6 Å². The first-order valence-corrected chi connectivity index (χ1v) is 7.43. The predicted octanol–water partition coefficient (Wildman–Crippen LogP) is 1.13. The van der Waals surface area contributed by atoms with Gasteiger partial charge >= 0.3 is 0 Å². The third-order valence-corrected chi connectivity index (χ3v) is 4.68. The first kappa shape index (κ1) is 12.1. The van der Waals surface area contributed by atoms with Gasteiger partial charge in [0.15, 0.2) is 0 Å². The van der Waals surface area contributed by atoms with Gasteiger partial charge in [-0.2, -0.15) is 11.3 Å². The lowest BCUT2D eigenvalue weighted by Crippen LogP contribution is -2.41. The number of carbonyl (C=O) groups is 1. The molecular formula is C13H18N2O2S. The highest BCUT2D eigenvalue weighted by atomic mass is 32.1. The fourth-order valence-corrected chi connectivity index (χ4v) is 3.72. The van der Waals surface area contributed by atoms with Crippen molar-refractivity contribution >= 4 is 17.2 Å². The maximum absolute atomic E-state index is 11.8. The molecule has 0 spiro atoms. The van der Waals surface area contributed by atoms with Crippen LogP contribution in [0.5, 0.6) is 0 Å². The Bertz CT molecular complexity index is 421. The van der Waals surface area contributed by atoms with Crippen molar-refractivity contribution in [2.75, 3.05) is 13.1 Å². The first-order chi connectivity index (χ1) is 8.75. The standard InChI is InChI=1S/C13H18N2O2S/c16-12(9-3-5-18-8-9)7-14-10-6-13(17)15-4-1-2-11(10)15/h3,5,8,10-12,14,16H,1-2,4,6-7H2. The van der Waals surface area contributed by atoms with Crippen LogP contribution >= 0.6 is 11.3 Å². The van der Waals surface area contributed by atoms with E-state index >= 15 is 0 Å². The summed E-state index contributed by atoms with van der Waals surface area (Å²) in [4.78, 5) is 13.8. The van der Waals surface area contributed by atoms with Crippen molar-refractivity contribution in [3.8, 4) is 0 Å². The van der Waals surface area contributed by atoms with Gasteiger partial charge in [0.1, 0.15) is 0 Å². The van der Waals surface area contributed by atoms with Gasteiger partial charge in [-0.3, -0.25) is 4.79 Å². The average Bonchev–Trinajstić information content (AvgIpc) is 3.06. The minimum absolute atomic E-state index is 0.216. The SMILES string of the molecule is O=C1CC(NCC(O)c2ccsc2)C2CCCN12. The second-order valence-corrected chi connectivity index (χ2v) is 5.87. The molecular weight excluding hydrogens is 248 g/mol. The first-order valence-electron chi connectivity index (χ1n) is 6.48. The van der Waals surface area contributed by atoms with Crippen LogP contribution in [0, 0.1) is 0 Å². The molecule has 3 unspecified atom stereocenters. The zero-order chi connectivity index (χ0) is 12.5. The number of hydrogen-bond donors (Lipinski definition) is 2. The molecule has 0 bridgehead atoms. The molecule has 0 saturated carbocycles. The van der Waals surface area contributed by atoms with E-state index in [4.69, 9.17) is 0 Å². The van der Waals surface area contributed by atoms with Crippen molar-refractivity contribution < 1.29 is 9.90 Å². The van der Waals surface area contributed by atoms with Crippen molar-refractivity contribution in [1.29, 1.82) is 0 Å². The Morgan fingerprint density at radius 1 is 1.61 bits per heavy atom. The van der Waals surface area contributed by atoms with Crippen LogP contribution in [0.1, 0.15) is 30.9 Å². The maximum atomic E-state index is 11.8. The smallest absolute Gasteiger partial charge is 0.224 e. The minimum Gasteiger partial charge on any atom is -0.387 e. The molecule has 4 nitrogen and oxygen atoms in total. The van der Waals surface area contributed by atoms with Crippen molar-refractivity contribution in [3.63, 3.8) is 0 Å². The number of thiophene rings is 1. The van der Waals surface area contributed by atoms with E-state index in [0.29, 0.717) is 19.0 Å². The van der Waals surface area contributed by atoms with Gasteiger partial charge in [0.25, 0.3) is 0 Å². The molecule has 2 N–H and O–H groups in total. The zero-order valence-electron chi connectivity index (χ0n) is 10.2. The van der Waals surface area contributed by atoms with Crippen molar-refractivity contribution in [1.82, 2.24) is 10.2 Å². The molecule has 98 valence electrons. The van der Waals surface area contributed by atoms with Crippen LogP contribution in [-0.4, -0.2) is 41.1 Å². The van der Waals surface area contributed by atoms with Crippen molar-refractivity contribution in [2.24, 2.45) is 0 Å². The number of aliphatic hydroxyl groups excluding tert-OH is 1. The predicted molar refractivity (Wildman–Crippen MR) is 70.4 cm³/mol. The van der Waals surface area contributed by atoms with E-state index < -0.39 is 6.10 Å². The Balaban J connectivity index is 1.56. The number of amides is 1. The number of hydrogen-bond acceptors (Lipinski definition) is 4. The number of aliphatic hydroxyl groups is 1. The van der Waals surface area contributed by atoms with Gasteiger partial charge < -0.3 is 15.3 Å². The number of nitrogens with one attached hydrogen (secondary N) is 1. The summed E-state index contributed by atoms with van der Waals surface area (Å²) in [5.41, 5.74) is 0.958. The Labute approximate surface area is 111 Å². The Hall–Kier alpha value is -0.910. The summed E-state index contributed by atoms with van der Waals surface area (Å²) in [5.74, 6) is 0.264. The molecule has 1 aromatic rings. The van der Waals surface area contributed by atoms with Crippen molar-refractivity contribution in [3.05, 3.63) is 22.4 Å². The van der Waals surface area contributed by atoms with E-state index in [1.165, 1.54) is 0 Å². The normalized spacial score (nSPS) is 28.7. The fraction of sp³-hybridized carbons (Fsp3) is 0.615. The summed E-state index contributed by atoms with van der Waals surface area (Å²) in [6.45, 7) is 1.44. The Kier molecular flexibility index (Phi) is 3.37. The van der Waals surface area contributed by atoms with Gasteiger partial charge in [-0.15, -0.1) is 0 Å². The molecule has 18 heavy (non-hydrogen) atoms. The summed E-state index contributed by atoms with van der Waals surface area (Å²) < 4.78 is 0. The fourth-order valence-electron chi connectivity index (χ4n) is 3.02. The summed E-state index contributed by atoms with van der Waals surface area (Å²) in [6, 6.07) is 2.51. The van der Waals surface area contributed by atoms with Crippen LogP contribution in [0.15, 0.2) is 16.8 Å². The van der Waals surface area contributed by atoms with Gasteiger partial charge in [-0.25, -0.2) is 0 Å². The van der Waals surface area contributed by atoms with Crippen LogP contribution in [0.4, 0.5) is 0 Å². The largest absolute Gasteiger partial charge is 0.387 e. The summed E-state index contributed by atoms with van der Waals surface area (Å²) in [7, 11) is 0. The molecule has 1 amide bonds. The number of nitrogens with zero attached hydrogens (tertiary/aromatic N) is 1. The molecule has 3 atom stereocenters. The van der Waals surface area contributed by atoms with E-state index in [-0.39, 0.29) is 11.9 Å². The van der Waals surface area contributed by atoms with Gasteiger partial charge in [0, 0.05) is 31.6 Å². The molecule has 0 aromatic carbocycles. The average molecular weight is 266 g/mol. The zero-order valence-corrected chi connectivity index (χ0v) is 11.0. The molecule has 5 heteroatoms. The third-order valence-electron chi connectivity index (χ3n) is 3.98. The summed E-state index contributed by atoms with van der Waals surface area (Å²) >= 11 is 1.59. The van der Waals surface area contributed by atoms with Gasteiger partial charge in [-0.05, 0) is 35.2 Å². The highest BCUT2D eigenvalue weighted by Gasteiger charge is 2.42. The molecule has 3 rings (SSSR count). The highest BCUT2D eigenvalue weighted by Crippen LogP contribution is 2.29. The van der Waals surface area contributed by atoms with E-state index in [1.807, 2.05) is 21.7 Å². The van der Waals surface area contributed by atoms with Crippen molar-refractivity contribution in [2.45, 2.75) is 37.5 Å². The molecule has 3 heterocycles. The summed E-state index contributed by atoms with van der Waals surface area (Å²) in [6.07, 6.45) is 2.32. The summed E-state index contributed by atoms with van der Waals surface area (Å²) in [5, 5.41) is 17.3. The molecule has 0 aliphatic carbocycles. The number of carbonyl (C=O) groups excluding carboxylic acids is 1. The maximum Gasteiger partial charge on any atom is 0.224 e. The third kappa shape index (κ3) is 2.18. The molecule has 0 radical (unpaired) electrons. The molecule has 1 aromatic heterocycles. The number of rotatable bonds is 4. The van der Waals surface area contributed by atoms with Crippen LogP contribution in [0.25, 0.3) is 0 Å². The van der Waals surface area contributed by atoms with E-state index in [0.717, 1.165) is 24.9 Å². The Morgan fingerprint density at radius 3 is 3.28 bits per heavy atom. The van der Waals surface area contributed by atoms with Gasteiger partial charge in [0.05, 0.1) is 6.10 Å². The molecule has 2 saturated heterocycles. The second-order valence-electron chi connectivity index (χ2n) is 5.09. The van der Waals surface area contributed by atoms with Crippen LogP contribution in [0.2, 0.25) is 0 Å². The lowest BCUT2D eigenvalue weighted by molar-refractivity contribution is -0.127. The van der Waals surface area contributed by atoms with E-state index in [2.05, 4.69) is 5.32 Å². The van der Waals surface area contributed by atoms with Crippen LogP contribution in [-0.2, 0) is 4.79 Å². The quantitative estimate of drug-likeness (QED) is 0.859. The van der Waals surface area contributed by atoms with Crippen LogP contribution in [0.3, 0.4) is 0 Å². The molecule has 2 aliphatic rings. The minimum atomic E-state index is -0.471. The highest BCUT2D eigenvalue weighted by molar-refractivity contribution is 7.07. The lowest BCUT2D eigenvalue weighted by atomic mass is 10.1. The Morgan fingerprint density at radius 2 is 2.50 bits per heavy atom. The monoisotopic (exact) mass is 266 g/mol. The van der Waals surface area contributed by atoms with E-state index in [9.17, 15) is 9.90 Å². The lowest BCUT2D eigenvalue weighted by Gasteiger charge is -2.22. The molecule has 2 aliphatic heterocycles. The van der Waals surface area contributed by atoms with Crippen LogP contribution < -0.4 is 5.32 Å². The molecule has 2 fully saturated rings.